The lowest BCUT2D eigenvalue weighted by atomic mass is 9.97. The van der Waals surface area contributed by atoms with Gasteiger partial charge in [-0.05, 0) is 36.8 Å². The average Bonchev–Trinajstić information content (AvgIpc) is 2.83. The van der Waals surface area contributed by atoms with Crippen LogP contribution in [0.15, 0.2) is 24.3 Å². The summed E-state index contributed by atoms with van der Waals surface area (Å²) in [6.07, 6.45) is 5.08. The third-order valence-corrected chi connectivity index (χ3v) is 4.09. The van der Waals surface area contributed by atoms with Gasteiger partial charge in [-0.1, -0.05) is 44.9 Å². The van der Waals surface area contributed by atoms with Gasteiger partial charge in [0.2, 0.25) is 0 Å². The fourth-order valence-corrected chi connectivity index (χ4v) is 2.63. The molecule has 0 heterocycles. The maximum absolute atomic E-state index is 10.3. The summed E-state index contributed by atoms with van der Waals surface area (Å²) < 4.78 is 5.90. The third-order valence-electron chi connectivity index (χ3n) is 4.09. The normalized spacial score (nSPS) is 19.7. The second-order valence-electron chi connectivity index (χ2n) is 5.57. The molecule has 1 saturated carbocycles. The molecule has 0 radical (unpaired) electrons. The summed E-state index contributed by atoms with van der Waals surface area (Å²) in [6, 6.07) is 8.19. The summed E-state index contributed by atoms with van der Waals surface area (Å²) >= 11 is 0. The van der Waals surface area contributed by atoms with Gasteiger partial charge in [0.25, 0.3) is 0 Å². The molecule has 1 atom stereocenters. The number of benzene rings is 1. The molecule has 1 fully saturated rings. The zero-order valence-corrected chi connectivity index (χ0v) is 11.5. The number of ether oxygens (including phenoxy) is 1. The van der Waals surface area contributed by atoms with Crippen molar-refractivity contribution in [3.63, 3.8) is 0 Å². The fourth-order valence-electron chi connectivity index (χ4n) is 2.63. The van der Waals surface area contributed by atoms with E-state index in [-0.39, 0.29) is 0 Å². The molecule has 1 aromatic carbocycles. The maximum atomic E-state index is 10.3. The first kappa shape index (κ1) is 13.4. The Balaban J connectivity index is 2.04. The molecule has 1 aromatic rings. The van der Waals surface area contributed by atoms with E-state index in [1.54, 1.807) is 0 Å². The second-order valence-corrected chi connectivity index (χ2v) is 5.57. The van der Waals surface area contributed by atoms with Gasteiger partial charge in [-0.15, -0.1) is 0 Å². The van der Waals surface area contributed by atoms with Crippen LogP contribution in [0.5, 0.6) is 5.75 Å². The first-order chi connectivity index (χ1) is 8.64. The predicted molar refractivity (Wildman–Crippen MR) is 74.1 cm³/mol. The van der Waals surface area contributed by atoms with Gasteiger partial charge >= 0.3 is 0 Å². The van der Waals surface area contributed by atoms with E-state index in [1.165, 1.54) is 5.56 Å². The van der Waals surface area contributed by atoms with Gasteiger partial charge in [0, 0.05) is 0 Å². The van der Waals surface area contributed by atoms with Crippen LogP contribution in [0.2, 0.25) is 0 Å². The van der Waals surface area contributed by atoms with Crippen molar-refractivity contribution < 1.29 is 9.84 Å². The molecular formula is C16H24O2. The van der Waals surface area contributed by atoms with Crippen LogP contribution in [-0.2, 0) is 0 Å². The molecule has 2 heteroatoms. The lowest BCUT2D eigenvalue weighted by Gasteiger charge is -2.24. The molecule has 0 aliphatic heterocycles. The quantitative estimate of drug-likeness (QED) is 0.856. The fraction of sp³-hybridized carbons (Fsp3) is 0.625. The van der Waals surface area contributed by atoms with Crippen molar-refractivity contribution in [2.75, 3.05) is 6.61 Å². The molecule has 0 spiro atoms. The van der Waals surface area contributed by atoms with Crippen LogP contribution in [0.3, 0.4) is 0 Å². The molecular weight excluding hydrogens is 224 g/mol. The topological polar surface area (TPSA) is 29.5 Å². The minimum absolute atomic E-state index is 0.431. The standard InChI is InChI=1S/C16H24O2/c1-3-13(2)14-8-4-5-9-15(14)18-12-16(17)10-6-7-11-16/h4-5,8-9,13,17H,3,6-7,10-12H2,1-2H3. The minimum Gasteiger partial charge on any atom is -0.490 e. The molecule has 2 rings (SSSR count). The van der Waals surface area contributed by atoms with Gasteiger partial charge in [-0.2, -0.15) is 0 Å². The van der Waals surface area contributed by atoms with Crippen LogP contribution in [-0.4, -0.2) is 17.3 Å². The van der Waals surface area contributed by atoms with Crippen LogP contribution in [0, 0.1) is 0 Å². The number of hydrogen-bond acceptors (Lipinski definition) is 2. The number of hydrogen-bond donors (Lipinski definition) is 1. The molecule has 0 aromatic heterocycles. The van der Waals surface area contributed by atoms with Crippen LogP contribution < -0.4 is 4.74 Å². The molecule has 1 aliphatic carbocycles. The van der Waals surface area contributed by atoms with E-state index in [0.717, 1.165) is 37.9 Å². The van der Waals surface area contributed by atoms with Crippen LogP contribution in [0.25, 0.3) is 0 Å². The molecule has 1 aliphatic rings. The second kappa shape index (κ2) is 5.75. The van der Waals surface area contributed by atoms with Gasteiger partial charge in [-0.25, -0.2) is 0 Å². The van der Waals surface area contributed by atoms with Crippen molar-refractivity contribution in [2.45, 2.75) is 57.5 Å². The number of para-hydroxylation sites is 1. The Labute approximate surface area is 110 Å². The highest BCUT2D eigenvalue weighted by atomic mass is 16.5. The van der Waals surface area contributed by atoms with Gasteiger partial charge in [-0.3, -0.25) is 0 Å². The van der Waals surface area contributed by atoms with E-state index in [9.17, 15) is 5.11 Å². The average molecular weight is 248 g/mol. The minimum atomic E-state index is -0.595. The zero-order valence-electron chi connectivity index (χ0n) is 11.5. The van der Waals surface area contributed by atoms with E-state index in [1.807, 2.05) is 12.1 Å². The van der Waals surface area contributed by atoms with E-state index in [2.05, 4.69) is 26.0 Å². The Morgan fingerprint density at radius 1 is 1.28 bits per heavy atom. The van der Waals surface area contributed by atoms with Crippen LogP contribution in [0.4, 0.5) is 0 Å². The summed E-state index contributed by atoms with van der Waals surface area (Å²) in [7, 11) is 0. The van der Waals surface area contributed by atoms with Crippen molar-refractivity contribution in [1.82, 2.24) is 0 Å². The Morgan fingerprint density at radius 3 is 2.61 bits per heavy atom. The first-order valence-electron chi connectivity index (χ1n) is 7.09. The van der Waals surface area contributed by atoms with E-state index in [0.29, 0.717) is 12.5 Å². The van der Waals surface area contributed by atoms with Gasteiger partial charge < -0.3 is 9.84 Å². The highest BCUT2D eigenvalue weighted by molar-refractivity contribution is 5.35. The summed E-state index contributed by atoms with van der Waals surface area (Å²) in [5.74, 6) is 1.44. The lowest BCUT2D eigenvalue weighted by molar-refractivity contribution is 0.00105. The van der Waals surface area contributed by atoms with Crippen molar-refractivity contribution in [3.05, 3.63) is 29.8 Å². The van der Waals surface area contributed by atoms with Crippen LogP contribution >= 0.6 is 0 Å². The van der Waals surface area contributed by atoms with E-state index >= 15 is 0 Å². The molecule has 0 amide bonds. The van der Waals surface area contributed by atoms with Crippen molar-refractivity contribution in [1.29, 1.82) is 0 Å². The summed E-state index contributed by atoms with van der Waals surface area (Å²) in [5, 5.41) is 10.3. The highest BCUT2D eigenvalue weighted by Gasteiger charge is 2.32. The number of aliphatic hydroxyl groups is 1. The Kier molecular flexibility index (Phi) is 4.28. The number of rotatable bonds is 5. The molecule has 100 valence electrons. The van der Waals surface area contributed by atoms with Crippen molar-refractivity contribution in [2.24, 2.45) is 0 Å². The molecule has 18 heavy (non-hydrogen) atoms. The zero-order chi connectivity index (χ0) is 13.0. The summed E-state index contributed by atoms with van der Waals surface area (Å²) in [6.45, 7) is 4.83. The Bertz CT molecular complexity index is 380. The SMILES string of the molecule is CCC(C)c1ccccc1OCC1(O)CCCC1. The van der Waals surface area contributed by atoms with Gasteiger partial charge in [0.05, 0.1) is 5.60 Å². The predicted octanol–water partition coefficient (Wildman–Crippen LogP) is 3.88. The maximum Gasteiger partial charge on any atom is 0.122 e. The van der Waals surface area contributed by atoms with Gasteiger partial charge in [0.15, 0.2) is 0 Å². The Hall–Kier alpha value is -1.02. The van der Waals surface area contributed by atoms with Crippen molar-refractivity contribution in [3.8, 4) is 5.75 Å². The van der Waals surface area contributed by atoms with Crippen LogP contribution in [0.1, 0.15) is 57.4 Å². The molecule has 1 N–H and O–H groups in total. The summed E-state index contributed by atoms with van der Waals surface area (Å²) in [5.41, 5.74) is 0.657. The monoisotopic (exact) mass is 248 g/mol. The Morgan fingerprint density at radius 2 is 1.94 bits per heavy atom. The van der Waals surface area contributed by atoms with Crippen molar-refractivity contribution >= 4 is 0 Å². The highest BCUT2D eigenvalue weighted by Crippen LogP contribution is 2.32. The lowest BCUT2D eigenvalue weighted by Crippen LogP contribution is -2.32. The van der Waals surface area contributed by atoms with Gasteiger partial charge in [0.1, 0.15) is 12.4 Å². The first-order valence-corrected chi connectivity index (χ1v) is 7.09. The van der Waals surface area contributed by atoms with E-state index in [4.69, 9.17) is 4.74 Å². The smallest absolute Gasteiger partial charge is 0.122 e. The third kappa shape index (κ3) is 3.05. The molecule has 0 saturated heterocycles. The molecule has 1 unspecified atom stereocenters. The summed E-state index contributed by atoms with van der Waals surface area (Å²) in [4.78, 5) is 0. The molecule has 0 bridgehead atoms. The largest absolute Gasteiger partial charge is 0.490 e. The molecule has 2 nitrogen and oxygen atoms in total. The van der Waals surface area contributed by atoms with E-state index < -0.39 is 5.60 Å².